The fourth-order valence-corrected chi connectivity index (χ4v) is 4.11. The predicted molar refractivity (Wildman–Crippen MR) is 117 cm³/mol. The summed E-state index contributed by atoms with van der Waals surface area (Å²) in [5.41, 5.74) is 4.85. The van der Waals surface area contributed by atoms with E-state index in [1.807, 2.05) is 31.3 Å². The summed E-state index contributed by atoms with van der Waals surface area (Å²) in [6.45, 7) is 3.63. The van der Waals surface area contributed by atoms with Crippen LogP contribution in [0.1, 0.15) is 50.2 Å². The number of ether oxygens (including phenoxy) is 1. The van der Waals surface area contributed by atoms with Crippen molar-refractivity contribution in [1.82, 2.24) is 5.32 Å². The molecule has 0 saturated heterocycles. The second kappa shape index (κ2) is 10.3. The molecule has 1 fully saturated rings. The lowest BCUT2D eigenvalue weighted by atomic mass is 9.77. The molecule has 0 amide bonds. The van der Waals surface area contributed by atoms with Gasteiger partial charge in [0.15, 0.2) is 0 Å². The molecule has 0 atom stereocenters. The number of benzene rings is 2. The van der Waals surface area contributed by atoms with Crippen LogP contribution in [0.4, 0.5) is 0 Å². The Morgan fingerprint density at radius 3 is 2.17 bits per heavy atom. The molecule has 2 aromatic rings. The van der Waals surface area contributed by atoms with Crippen molar-refractivity contribution in [2.24, 2.45) is 5.92 Å². The van der Waals surface area contributed by atoms with Crippen LogP contribution in [-0.2, 0) is 4.79 Å². The Hall–Kier alpha value is -2.59. The highest BCUT2D eigenvalue weighted by Crippen LogP contribution is 2.38. The predicted octanol–water partition coefficient (Wildman–Crippen LogP) is 4.96. The standard InChI is InChI=1S/C25H31NO3/c1-3-24(18-4-10-21(27)11-5-18)25(19-6-12-22(28)13-7-19)20-8-14-23(15-9-20)29-17-16-26-2/h6-9,12-15,18,26,28H,3-5,10-11,16-17H2,1-2H3/b25-24+. The number of phenolic OH excluding ortho intramolecular Hbond substituents is 1. The zero-order valence-corrected chi connectivity index (χ0v) is 17.4. The molecule has 0 heterocycles. The van der Waals surface area contributed by atoms with Gasteiger partial charge in [0.05, 0.1) is 0 Å². The van der Waals surface area contributed by atoms with Crippen LogP contribution < -0.4 is 10.1 Å². The van der Waals surface area contributed by atoms with Gasteiger partial charge in [-0.3, -0.25) is 4.79 Å². The van der Waals surface area contributed by atoms with Crippen molar-refractivity contribution in [2.45, 2.75) is 39.0 Å². The fraction of sp³-hybridized carbons (Fsp3) is 0.400. The van der Waals surface area contributed by atoms with Crippen molar-refractivity contribution >= 4 is 11.4 Å². The number of allylic oxidation sites excluding steroid dienone is 1. The fourth-order valence-electron chi connectivity index (χ4n) is 4.11. The molecule has 0 spiro atoms. The van der Waals surface area contributed by atoms with E-state index >= 15 is 0 Å². The Morgan fingerprint density at radius 2 is 1.62 bits per heavy atom. The molecule has 0 bridgehead atoms. The minimum atomic E-state index is 0.266. The second-order valence-corrected chi connectivity index (χ2v) is 7.59. The summed E-state index contributed by atoms with van der Waals surface area (Å²) in [7, 11) is 1.91. The van der Waals surface area contributed by atoms with E-state index in [1.54, 1.807) is 12.1 Å². The number of carbonyl (C=O) groups excluding carboxylic acids is 1. The minimum Gasteiger partial charge on any atom is -0.508 e. The third kappa shape index (κ3) is 5.48. The molecule has 29 heavy (non-hydrogen) atoms. The Kier molecular flexibility index (Phi) is 7.48. The van der Waals surface area contributed by atoms with Gasteiger partial charge in [-0.15, -0.1) is 0 Å². The SMILES string of the molecule is CC/C(=C(/c1ccc(O)cc1)c1ccc(OCCNC)cc1)C1CCC(=O)CC1. The monoisotopic (exact) mass is 393 g/mol. The number of ketones is 1. The molecule has 154 valence electrons. The molecule has 1 saturated carbocycles. The zero-order chi connectivity index (χ0) is 20.6. The molecule has 4 nitrogen and oxygen atoms in total. The molecule has 2 aromatic carbocycles. The highest BCUT2D eigenvalue weighted by Gasteiger charge is 2.24. The van der Waals surface area contributed by atoms with Crippen LogP contribution in [-0.4, -0.2) is 31.1 Å². The molecule has 2 N–H and O–H groups in total. The third-order valence-corrected chi connectivity index (χ3v) is 5.66. The smallest absolute Gasteiger partial charge is 0.132 e. The van der Waals surface area contributed by atoms with Gasteiger partial charge in [0.25, 0.3) is 0 Å². The number of Topliss-reactive ketones (excluding diaryl/α,β-unsaturated/α-hetero) is 1. The molecule has 0 radical (unpaired) electrons. The van der Waals surface area contributed by atoms with Crippen LogP contribution in [0.3, 0.4) is 0 Å². The number of phenols is 1. The van der Waals surface area contributed by atoms with Gasteiger partial charge in [0.2, 0.25) is 0 Å². The number of likely N-dealkylation sites (N-methyl/N-ethyl adjacent to an activating group) is 1. The van der Waals surface area contributed by atoms with Crippen LogP contribution >= 0.6 is 0 Å². The van der Waals surface area contributed by atoms with Crippen molar-refractivity contribution < 1.29 is 14.6 Å². The largest absolute Gasteiger partial charge is 0.508 e. The van der Waals surface area contributed by atoms with E-state index < -0.39 is 0 Å². The lowest BCUT2D eigenvalue weighted by Crippen LogP contribution is -2.17. The first-order chi connectivity index (χ1) is 14.1. The number of carbonyl (C=O) groups is 1. The maximum Gasteiger partial charge on any atom is 0.132 e. The van der Waals surface area contributed by atoms with Crippen molar-refractivity contribution in [3.05, 3.63) is 65.2 Å². The number of aromatic hydroxyl groups is 1. The number of rotatable bonds is 8. The van der Waals surface area contributed by atoms with Gasteiger partial charge in [-0.25, -0.2) is 0 Å². The normalized spacial score (nSPS) is 15.9. The third-order valence-electron chi connectivity index (χ3n) is 5.66. The number of hydrogen-bond donors (Lipinski definition) is 2. The van der Waals surface area contributed by atoms with Crippen molar-refractivity contribution in [2.75, 3.05) is 20.2 Å². The average Bonchev–Trinajstić information content (AvgIpc) is 2.75. The lowest BCUT2D eigenvalue weighted by Gasteiger charge is -2.27. The highest BCUT2D eigenvalue weighted by molar-refractivity contribution is 5.84. The van der Waals surface area contributed by atoms with E-state index in [9.17, 15) is 9.90 Å². The van der Waals surface area contributed by atoms with Crippen LogP contribution in [0.25, 0.3) is 5.57 Å². The molecular formula is C25H31NO3. The van der Waals surface area contributed by atoms with Crippen LogP contribution in [0, 0.1) is 5.92 Å². The molecule has 1 aliphatic rings. The van der Waals surface area contributed by atoms with Gasteiger partial charge in [-0.2, -0.15) is 0 Å². The van der Waals surface area contributed by atoms with Gasteiger partial charge < -0.3 is 15.2 Å². The van der Waals surface area contributed by atoms with Crippen LogP contribution in [0.15, 0.2) is 54.1 Å². The maximum absolute atomic E-state index is 11.8. The Morgan fingerprint density at radius 1 is 1.03 bits per heavy atom. The molecule has 1 aliphatic carbocycles. The highest BCUT2D eigenvalue weighted by atomic mass is 16.5. The van der Waals surface area contributed by atoms with Gasteiger partial charge in [-0.1, -0.05) is 36.8 Å². The van der Waals surface area contributed by atoms with E-state index in [0.29, 0.717) is 31.1 Å². The molecule has 0 unspecified atom stereocenters. The van der Waals surface area contributed by atoms with E-state index in [2.05, 4.69) is 24.4 Å². The molecule has 4 heteroatoms. The van der Waals surface area contributed by atoms with Gasteiger partial charge >= 0.3 is 0 Å². The van der Waals surface area contributed by atoms with Crippen molar-refractivity contribution in [3.8, 4) is 11.5 Å². The Balaban J connectivity index is 1.98. The average molecular weight is 394 g/mol. The Bertz CT molecular complexity index is 827. The zero-order valence-electron chi connectivity index (χ0n) is 17.4. The molecule has 0 aromatic heterocycles. The van der Waals surface area contributed by atoms with Crippen molar-refractivity contribution in [1.29, 1.82) is 0 Å². The van der Waals surface area contributed by atoms with Gasteiger partial charge in [0, 0.05) is 19.4 Å². The topological polar surface area (TPSA) is 58.6 Å². The summed E-state index contributed by atoms with van der Waals surface area (Å²) in [4.78, 5) is 11.8. The Labute approximate surface area is 173 Å². The summed E-state index contributed by atoms with van der Waals surface area (Å²) in [6, 6.07) is 15.7. The maximum atomic E-state index is 11.8. The van der Waals surface area contributed by atoms with E-state index in [0.717, 1.165) is 42.7 Å². The van der Waals surface area contributed by atoms with E-state index in [-0.39, 0.29) is 5.75 Å². The van der Waals surface area contributed by atoms with Gasteiger partial charge in [0.1, 0.15) is 23.9 Å². The van der Waals surface area contributed by atoms with E-state index in [4.69, 9.17) is 4.74 Å². The van der Waals surface area contributed by atoms with Crippen LogP contribution in [0.2, 0.25) is 0 Å². The minimum absolute atomic E-state index is 0.266. The first kappa shape index (κ1) is 21.1. The first-order valence-corrected chi connectivity index (χ1v) is 10.5. The van der Waals surface area contributed by atoms with Crippen molar-refractivity contribution in [3.63, 3.8) is 0 Å². The second-order valence-electron chi connectivity index (χ2n) is 7.59. The summed E-state index contributed by atoms with van der Waals surface area (Å²) in [6.07, 6.45) is 4.14. The number of hydrogen-bond acceptors (Lipinski definition) is 4. The first-order valence-electron chi connectivity index (χ1n) is 10.5. The molecule has 0 aliphatic heterocycles. The van der Waals surface area contributed by atoms with E-state index in [1.165, 1.54) is 11.1 Å². The summed E-state index contributed by atoms with van der Waals surface area (Å²) >= 11 is 0. The van der Waals surface area contributed by atoms with Crippen LogP contribution in [0.5, 0.6) is 11.5 Å². The summed E-state index contributed by atoms with van der Waals surface area (Å²) in [5, 5.41) is 12.8. The lowest BCUT2D eigenvalue weighted by molar-refractivity contribution is -0.120. The van der Waals surface area contributed by atoms with Gasteiger partial charge in [-0.05, 0) is 73.2 Å². The molecular weight excluding hydrogens is 362 g/mol. The quantitative estimate of drug-likeness (QED) is 0.622. The summed E-state index contributed by atoms with van der Waals surface area (Å²) in [5.74, 6) is 1.93. The summed E-state index contributed by atoms with van der Waals surface area (Å²) < 4.78 is 5.77. The number of nitrogens with one attached hydrogen (secondary N) is 1. The molecule has 3 rings (SSSR count).